The highest BCUT2D eigenvalue weighted by atomic mass is 19.1. The molecule has 2 aromatic heterocycles. The van der Waals surface area contributed by atoms with E-state index in [1.54, 1.807) is 6.07 Å². The van der Waals surface area contributed by atoms with Gasteiger partial charge in [0.05, 0.1) is 11.9 Å². The lowest BCUT2D eigenvalue weighted by Crippen LogP contribution is -2.40. The van der Waals surface area contributed by atoms with Crippen LogP contribution in [-0.4, -0.2) is 27.4 Å². The second-order valence-electron chi connectivity index (χ2n) is 10.1. The zero-order valence-corrected chi connectivity index (χ0v) is 19.5. The number of hydrogen-bond donors (Lipinski definition) is 3. The Morgan fingerprint density at radius 1 is 1.27 bits per heavy atom. The van der Waals surface area contributed by atoms with Crippen LogP contribution in [0, 0.1) is 17.2 Å². The molecule has 2 amide bonds. The first-order chi connectivity index (χ1) is 15.5. The summed E-state index contributed by atoms with van der Waals surface area (Å²) in [6, 6.07) is 3.46. The van der Waals surface area contributed by atoms with E-state index in [9.17, 15) is 14.0 Å². The lowest BCUT2D eigenvalue weighted by molar-refractivity contribution is -0.123. The minimum absolute atomic E-state index is 0.00111. The third-order valence-electron chi connectivity index (χ3n) is 6.62. The van der Waals surface area contributed by atoms with E-state index in [2.05, 4.69) is 40.6 Å². The van der Waals surface area contributed by atoms with E-state index in [1.165, 1.54) is 6.92 Å². The summed E-state index contributed by atoms with van der Waals surface area (Å²) in [4.78, 5) is 28.4. The van der Waals surface area contributed by atoms with Gasteiger partial charge in [0.2, 0.25) is 11.8 Å². The molecular formula is C25H32FN5O2. The molecule has 4 N–H and O–H groups in total. The Morgan fingerprint density at radius 2 is 2.03 bits per heavy atom. The van der Waals surface area contributed by atoms with Gasteiger partial charge in [-0.05, 0) is 43.2 Å². The molecule has 1 fully saturated rings. The van der Waals surface area contributed by atoms with Crippen molar-refractivity contribution in [3.8, 4) is 11.1 Å². The molecule has 8 heteroatoms. The number of nitrogens with two attached hydrogens (primary N) is 1. The quantitative estimate of drug-likeness (QED) is 0.640. The van der Waals surface area contributed by atoms with Crippen molar-refractivity contribution in [1.29, 1.82) is 0 Å². The Bertz CT molecular complexity index is 1120. The van der Waals surface area contributed by atoms with Crippen molar-refractivity contribution in [3.63, 3.8) is 0 Å². The van der Waals surface area contributed by atoms with Crippen LogP contribution in [0.3, 0.4) is 0 Å². The lowest BCUT2D eigenvalue weighted by atomic mass is 9.85. The molecule has 33 heavy (non-hydrogen) atoms. The van der Waals surface area contributed by atoms with Gasteiger partial charge in [0, 0.05) is 47.9 Å². The molecule has 0 aromatic carbocycles. The van der Waals surface area contributed by atoms with Gasteiger partial charge >= 0.3 is 0 Å². The first-order valence-electron chi connectivity index (χ1n) is 11.4. The maximum atomic E-state index is 14.9. The number of aromatic nitrogens is 2. The molecule has 1 saturated carbocycles. The number of rotatable bonds is 5. The van der Waals surface area contributed by atoms with Crippen LogP contribution >= 0.6 is 0 Å². The summed E-state index contributed by atoms with van der Waals surface area (Å²) >= 11 is 0. The fourth-order valence-corrected chi connectivity index (χ4v) is 5.18. The highest BCUT2D eigenvalue weighted by Crippen LogP contribution is 2.41. The maximum absolute atomic E-state index is 14.9. The van der Waals surface area contributed by atoms with Gasteiger partial charge < -0.3 is 20.9 Å². The van der Waals surface area contributed by atoms with E-state index in [-0.39, 0.29) is 29.2 Å². The van der Waals surface area contributed by atoms with Crippen molar-refractivity contribution in [1.82, 2.24) is 14.9 Å². The molecule has 0 unspecified atom stereocenters. The molecule has 3 heterocycles. The molecule has 176 valence electrons. The lowest BCUT2D eigenvalue weighted by Gasteiger charge is -2.28. The van der Waals surface area contributed by atoms with Gasteiger partial charge in [-0.3, -0.25) is 9.59 Å². The Morgan fingerprint density at radius 3 is 2.73 bits per heavy atom. The van der Waals surface area contributed by atoms with Crippen LogP contribution < -0.4 is 16.4 Å². The molecule has 0 spiro atoms. The largest absolute Gasteiger partial charge is 0.398 e. The summed E-state index contributed by atoms with van der Waals surface area (Å²) in [5, 5.41) is 5.76. The van der Waals surface area contributed by atoms with Crippen LogP contribution in [0.2, 0.25) is 0 Å². The molecule has 7 nitrogen and oxygen atoms in total. The van der Waals surface area contributed by atoms with Crippen LogP contribution in [0.1, 0.15) is 57.8 Å². The second kappa shape index (κ2) is 8.65. The second-order valence-corrected chi connectivity index (χ2v) is 10.1. The first-order valence-corrected chi connectivity index (χ1v) is 11.4. The average Bonchev–Trinajstić information content (AvgIpc) is 3.22. The molecule has 2 aromatic rings. The Kier molecular flexibility index (Phi) is 6.03. The number of nitrogens with zero attached hydrogens (tertiary/aromatic N) is 2. The van der Waals surface area contributed by atoms with Crippen molar-refractivity contribution < 1.29 is 14.0 Å². The van der Waals surface area contributed by atoms with Gasteiger partial charge in [0.1, 0.15) is 11.6 Å². The SMILES string of the molecule is C=C(N)c1cc(-c2cc(NC(=O)[C@H]3CCC[C@@H](NC(C)=O)C3)ncc2F)c2n1CC(C)(C)C2. The predicted molar refractivity (Wildman–Crippen MR) is 127 cm³/mol. The Balaban J connectivity index is 1.59. The Labute approximate surface area is 193 Å². The zero-order valence-electron chi connectivity index (χ0n) is 19.5. The number of pyridine rings is 1. The Hall–Kier alpha value is -3.16. The number of halogens is 1. The van der Waals surface area contributed by atoms with Crippen molar-refractivity contribution in [2.75, 3.05) is 5.32 Å². The van der Waals surface area contributed by atoms with Crippen molar-refractivity contribution in [2.24, 2.45) is 17.1 Å². The first kappa shape index (κ1) is 23.0. The van der Waals surface area contributed by atoms with E-state index >= 15 is 0 Å². The predicted octanol–water partition coefficient (Wildman–Crippen LogP) is 3.83. The third-order valence-corrected chi connectivity index (χ3v) is 6.62. The molecular weight excluding hydrogens is 421 g/mol. The number of anilines is 1. The van der Waals surface area contributed by atoms with E-state index in [1.807, 2.05) is 6.07 Å². The molecule has 1 aliphatic heterocycles. The number of fused-ring (bicyclic) bond motifs is 1. The molecule has 4 rings (SSSR count). The minimum atomic E-state index is -0.455. The number of amides is 2. The summed E-state index contributed by atoms with van der Waals surface area (Å²) in [5.74, 6) is -0.618. The molecule has 0 bridgehead atoms. The van der Waals surface area contributed by atoms with Crippen LogP contribution in [0.5, 0.6) is 0 Å². The molecule has 2 atom stereocenters. The monoisotopic (exact) mass is 453 g/mol. The number of nitrogens with one attached hydrogen (secondary N) is 2. The van der Waals surface area contributed by atoms with Crippen LogP contribution in [0.4, 0.5) is 10.2 Å². The summed E-state index contributed by atoms with van der Waals surface area (Å²) in [5.41, 5.74) is 9.42. The summed E-state index contributed by atoms with van der Waals surface area (Å²) in [6.45, 7) is 10.5. The van der Waals surface area contributed by atoms with Gasteiger partial charge in [-0.15, -0.1) is 0 Å². The molecule has 2 aliphatic rings. The standard InChI is InChI=1S/C25H32FN5O2/c1-14(27)21-9-19(22-11-25(3,4)13-31(21)22)18-10-23(28-12-20(18)26)30-24(33)16-6-5-7-17(8-16)29-15(2)32/h9-10,12,16-17H,1,5-8,11,13,27H2,2-4H3,(H,29,32)(H,28,30,33)/t16-,17+/m0/s1. The fraction of sp³-hybridized carbons (Fsp3) is 0.480. The van der Waals surface area contributed by atoms with Crippen molar-refractivity contribution in [3.05, 3.63) is 42.1 Å². The van der Waals surface area contributed by atoms with E-state index < -0.39 is 5.82 Å². The molecule has 0 radical (unpaired) electrons. The topological polar surface area (TPSA) is 102 Å². The van der Waals surface area contributed by atoms with Gasteiger partial charge in [0.15, 0.2) is 0 Å². The number of carbonyl (C=O) groups is 2. The van der Waals surface area contributed by atoms with Gasteiger partial charge in [-0.25, -0.2) is 9.37 Å². The van der Waals surface area contributed by atoms with Gasteiger partial charge in [-0.1, -0.05) is 26.8 Å². The zero-order chi connectivity index (χ0) is 23.9. The highest BCUT2D eigenvalue weighted by molar-refractivity contribution is 5.92. The number of carbonyl (C=O) groups excluding carboxylic acids is 2. The minimum Gasteiger partial charge on any atom is -0.398 e. The van der Waals surface area contributed by atoms with Crippen LogP contribution in [-0.2, 0) is 22.6 Å². The summed E-state index contributed by atoms with van der Waals surface area (Å²) < 4.78 is 17.0. The van der Waals surface area contributed by atoms with E-state index in [0.717, 1.165) is 55.4 Å². The van der Waals surface area contributed by atoms with Gasteiger partial charge in [0.25, 0.3) is 0 Å². The van der Waals surface area contributed by atoms with Crippen LogP contribution in [0.15, 0.2) is 24.9 Å². The maximum Gasteiger partial charge on any atom is 0.228 e. The molecule has 0 saturated heterocycles. The molecule has 1 aliphatic carbocycles. The normalized spacial score (nSPS) is 21.3. The third kappa shape index (κ3) is 4.79. The van der Waals surface area contributed by atoms with E-state index in [0.29, 0.717) is 23.5 Å². The highest BCUT2D eigenvalue weighted by Gasteiger charge is 2.34. The van der Waals surface area contributed by atoms with Crippen molar-refractivity contribution in [2.45, 2.75) is 65.5 Å². The number of hydrogen-bond acceptors (Lipinski definition) is 4. The average molecular weight is 454 g/mol. The smallest absolute Gasteiger partial charge is 0.228 e. The van der Waals surface area contributed by atoms with Crippen LogP contribution in [0.25, 0.3) is 16.8 Å². The fourth-order valence-electron chi connectivity index (χ4n) is 5.18. The summed E-state index contributed by atoms with van der Waals surface area (Å²) in [6.07, 6.45) is 5.00. The van der Waals surface area contributed by atoms with Gasteiger partial charge in [-0.2, -0.15) is 0 Å². The van der Waals surface area contributed by atoms with Crippen molar-refractivity contribution >= 4 is 23.3 Å². The van der Waals surface area contributed by atoms with E-state index in [4.69, 9.17) is 5.73 Å². The summed E-state index contributed by atoms with van der Waals surface area (Å²) in [7, 11) is 0.